The van der Waals surface area contributed by atoms with Crippen LogP contribution in [0.3, 0.4) is 0 Å². The molecule has 8 aromatic carbocycles. The third-order valence-corrected chi connectivity index (χ3v) is 11.2. The summed E-state index contributed by atoms with van der Waals surface area (Å²) in [5.41, 5.74) is 12.4. The van der Waals surface area contributed by atoms with Gasteiger partial charge in [-0.3, -0.25) is 0 Å². The Balaban J connectivity index is 1.25. The van der Waals surface area contributed by atoms with Crippen molar-refractivity contribution >= 4 is 83.0 Å². The second-order valence-electron chi connectivity index (χ2n) is 14.7. The predicted molar refractivity (Wildman–Crippen MR) is 235 cm³/mol. The second kappa shape index (κ2) is 13.4. The summed E-state index contributed by atoms with van der Waals surface area (Å²) in [7, 11) is 3.40. The lowest BCUT2D eigenvalue weighted by atomic mass is 9.98. The third kappa shape index (κ3) is 5.55. The number of ether oxygens (including phenoxy) is 2. The van der Waals surface area contributed by atoms with Crippen LogP contribution in [0.2, 0.25) is 0 Å². The van der Waals surface area contributed by atoms with Crippen molar-refractivity contribution in [1.29, 1.82) is 5.26 Å². The van der Waals surface area contributed by atoms with E-state index in [9.17, 15) is 5.26 Å². The van der Waals surface area contributed by atoms with Gasteiger partial charge in [0.1, 0.15) is 11.5 Å². The number of fused-ring (bicyclic) bond motifs is 8. The molecule has 10 rings (SSSR count). The van der Waals surface area contributed by atoms with E-state index >= 15 is 0 Å². The van der Waals surface area contributed by atoms with Crippen LogP contribution in [0.4, 0.5) is 34.1 Å². The zero-order valence-electron chi connectivity index (χ0n) is 32.1. The molecular formula is C51H38N4O2. The van der Waals surface area contributed by atoms with Crippen molar-refractivity contribution in [1.82, 2.24) is 4.40 Å². The molecule has 0 aliphatic rings. The number of hydrogen-bond donors (Lipinski definition) is 0. The molecular weight excluding hydrogens is 701 g/mol. The number of rotatable bonds is 8. The molecule has 0 atom stereocenters. The highest BCUT2D eigenvalue weighted by Crippen LogP contribution is 2.47. The first-order chi connectivity index (χ1) is 27.9. The van der Waals surface area contributed by atoms with E-state index in [-0.39, 0.29) is 0 Å². The van der Waals surface area contributed by atoms with Gasteiger partial charge in [0, 0.05) is 67.8 Å². The van der Waals surface area contributed by atoms with Gasteiger partial charge in [-0.25, -0.2) is 0 Å². The maximum Gasteiger partial charge on any atom is 0.120 e. The summed E-state index contributed by atoms with van der Waals surface area (Å²) >= 11 is 0. The van der Waals surface area contributed by atoms with Crippen molar-refractivity contribution < 1.29 is 9.47 Å². The molecule has 0 aliphatic heterocycles. The van der Waals surface area contributed by atoms with E-state index in [0.717, 1.165) is 83.7 Å². The molecule has 57 heavy (non-hydrogen) atoms. The predicted octanol–water partition coefficient (Wildman–Crippen LogP) is 13.4. The molecule has 0 saturated carbocycles. The minimum atomic E-state index is 0.624. The summed E-state index contributed by atoms with van der Waals surface area (Å²) in [6.45, 7) is 4.22. The first kappa shape index (κ1) is 34.0. The van der Waals surface area contributed by atoms with Gasteiger partial charge in [-0.05, 0) is 116 Å². The van der Waals surface area contributed by atoms with Gasteiger partial charge in [0.2, 0.25) is 0 Å². The van der Waals surface area contributed by atoms with Crippen molar-refractivity contribution in [2.75, 3.05) is 24.0 Å². The smallest absolute Gasteiger partial charge is 0.120 e. The van der Waals surface area contributed by atoms with Crippen LogP contribution in [-0.4, -0.2) is 18.6 Å². The van der Waals surface area contributed by atoms with Crippen LogP contribution in [-0.2, 0) is 0 Å². The molecule has 6 nitrogen and oxygen atoms in total. The van der Waals surface area contributed by atoms with Crippen molar-refractivity contribution in [2.24, 2.45) is 0 Å². The molecule has 0 fully saturated rings. The highest BCUT2D eigenvalue weighted by Gasteiger charge is 2.23. The topological polar surface area (TPSA) is 53.1 Å². The quantitative estimate of drug-likeness (QED) is 0.155. The van der Waals surface area contributed by atoms with Gasteiger partial charge < -0.3 is 23.7 Å². The molecule has 6 heteroatoms. The lowest BCUT2D eigenvalue weighted by Gasteiger charge is -2.26. The number of anilines is 6. The first-order valence-corrected chi connectivity index (χ1v) is 19.0. The van der Waals surface area contributed by atoms with Gasteiger partial charge >= 0.3 is 0 Å². The normalized spacial score (nSPS) is 11.5. The average Bonchev–Trinajstić information content (AvgIpc) is 3.76. The Morgan fingerprint density at radius 3 is 1.60 bits per heavy atom. The van der Waals surface area contributed by atoms with Crippen LogP contribution in [0.1, 0.15) is 16.7 Å². The fourth-order valence-corrected chi connectivity index (χ4v) is 8.44. The number of nitriles is 1. The summed E-state index contributed by atoms with van der Waals surface area (Å²) < 4.78 is 13.7. The maximum absolute atomic E-state index is 10.1. The van der Waals surface area contributed by atoms with Crippen LogP contribution < -0.4 is 19.3 Å². The zero-order chi connectivity index (χ0) is 38.8. The van der Waals surface area contributed by atoms with Crippen LogP contribution in [0, 0.1) is 25.2 Å². The van der Waals surface area contributed by atoms with Crippen molar-refractivity contribution in [3.05, 3.63) is 174 Å². The molecule has 0 bridgehead atoms. The molecule has 10 aromatic rings. The van der Waals surface area contributed by atoms with Crippen LogP contribution in [0.15, 0.2) is 158 Å². The largest absolute Gasteiger partial charge is 0.497 e. The van der Waals surface area contributed by atoms with Crippen molar-refractivity contribution in [3.63, 3.8) is 0 Å². The molecule has 0 unspecified atom stereocenters. The summed E-state index contributed by atoms with van der Waals surface area (Å²) in [5, 5.41) is 17.0. The van der Waals surface area contributed by atoms with Crippen molar-refractivity contribution in [2.45, 2.75) is 13.8 Å². The number of nitrogens with zero attached hydrogens (tertiary/aromatic N) is 4. The van der Waals surface area contributed by atoms with E-state index < -0.39 is 0 Å². The molecule has 2 heterocycles. The van der Waals surface area contributed by atoms with Gasteiger partial charge in [0.25, 0.3) is 0 Å². The van der Waals surface area contributed by atoms with E-state index in [1.807, 2.05) is 36.4 Å². The Morgan fingerprint density at radius 2 is 1.00 bits per heavy atom. The minimum absolute atomic E-state index is 0.624. The number of aryl methyl sites for hydroxylation is 2. The summed E-state index contributed by atoms with van der Waals surface area (Å²) in [5.74, 6) is 1.59. The molecule has 0 amide bonds. The van der Waals surface area contributed by atoms with Gasteiger partial charge in [0.05, 0.1) is 42.4 Å². The number of aromatic nitrogens is 1. The minimum Gasteiger partial charge on any atom is -0.497 e. The lowest BCUT2D eigenvalue weighted by Crippen LogP contribution is -2.10. The average molecular weight is 739 g/mol. The standard InChI is InChI=1S/C51H38N4O2/c1-32-11-17-36(18-12-32)53(38-7-5-9-42(27-38)56-3)40-21-16-35-26-47-44-24-22-41(54(37-19-13-33(2)14-20-37)39-8-6-10-43(28-39)57-4)30-49(44)55-48-25-34(31-52)15-23-45(48)50(51(47)55)46(35)29-40/h5-30H,1-4H3. The number of methoxy groups -OCH3 is 2. The third-order valence-electron chi connectivity index (χ3n) is 11.2. The fraction of sp³-hybridized carbons (Fsp3) is 0.0784. The molecule has 274 valence electrons. The molecule has 0 spiro atoms. The van der Waals surface area contributed by atoms with Gasteiger partial charge in [-0.1, -0.05) is 65.7 Å². The van der Waals surface area contributed by atoms with E-state index in [0.29, 0.717) is 5.56 Å². The molecule has 0 saturated heterocycles. The Bertz CT molecular complexity index is 3190. The van der Waals surface area contributed by atoms with E-state index in [2.05, 4.69) is 155 Å². The van der Waals surface area contributed by atoms with E-state index in [1.165, 1.54) is 21.9 Å². The first-order valence-electron chi connectivity index (χ1n) is 19.0. The van der Waals surface area contributed by atoms with Gasteiger partial charge in [-0.15, -0.1) is 0 Å². The summed E-state index contributed by atoms with van der Waals surface area (Å²) in [6.07, 6.45) is 0. The Morgan fingerprint density at radius 1 is 0.474 bits per heavy atom. The molecule has 0 N–H and O–H groups in total. The SMILES string of the molecule is COc1cccc(N(c2ccc(C)cc2)c2ccc3cc4c5ccc(N(c6ccc(C)cc6)c6cccc(OC)c6)cc5n5c6cc(C#N)ccc6c(c3c2)c45)c1. The van der Waals surface area contributed by atoms with Crippen molar-refractivity contribution in [3.8, 4) is 17.6 Å². The maximum atomic E-state index is 10.1. The summed E-state index contributed by atoms with van der Waals surface area (Å²) in [6, 6.07) is 57.9. The lowest BCUT2D eigenvalue weighted by molar-refractivity contribution is 0.415. The molecule has 2 aromatic heterocycles. The Labute approximate surface area is 330 Å². The van der Waals surface area contributed by atoms with Gasteiger partial charge in [-0.2, -0.15) is 5.26 Å². The number of benzene rings is 8. The number of hydrogen-bond acceptors (Lipinski definition) is 5. The molecule has 0 radical (unpaired) electrons. The fourth-order valence-electron chi connectivity index (χ4n) is 8.44. The van der Waals surface area contributed by atoms with Crippen LogP contribution in [0.25, 0.3) is 48.9 Å². The summed E-state index contributed by atoms with van der Waals surface area (Å²) in [4.78, 5) is 4.56. The van der Waals surface area contributed by atoms with Crippen LogP contribution >= 0.6 is 0 Å². The van der Waals surface area contributed by atoms with E-state index in [4.69, 9.17) is 9.47 Å². The van der Waals surface area contributed by atoms with Crippen LogP contribution in [0.5, 0.6) is 11.5 Å². The Hall–Kier alpha value is -7.49. The second-order valence-corrected chi connectivity index (χ2v) is 14.7. The monoisotopic (exact) mass is 738 g/mol. The highest BCUT2D eigenvalue weighted by molar-refractivity contribution is 6.31. The Kier molecular flexibility index (Phi) is 7.98. The highest BCUT2D eigenvalue weighted by atomic mass is 16.5. The van der Waals surface area contributed by atoms with E-state index in [1.54, 1.807) is 14.2 Å². The van der Waals surface area contributed by atoms with Gasteiger partial charge in [0.15, 0.2) is 0 Å². The zero-order valence-corrected chi connectivity index (χ0v) is 32.1. The molecule has 0 aliphatic carbocycles.